The smallest absolute Gasteiger partial charge is 0.221 e. The number of benzene rings is 2. The minimum atomic E-state index is -0.352. The average molecular weight is 868 g/mol. The Hall–Kier alpha value is -5.59. The van der Waals surface area contributed by atoms with Crippen LogP contribution in [0, 0.1) is 11.7 Å². The summed E-state index contributed by atoms with van der Waals surface area (Å²) in [6.07, 6.45) is 10.0. The lowest BCUT2D eigenvalue weighted by atomic mass is 9.78. The van der Waals surface area contributed by atoms with Gasteiger partial charge in [0.25, 0.3) is 0 Å². The molecule has 0 saturated carbocycles. The van der Waals surface area contributed by atoms with Crippen LogP contribution in [-0.2, 0) is 16.6 Å². The molecule has 2 aliphatic rings. The highest BCUT2D eigenvalue weighted by Crippen LogP contribution is 2.40. The number of nitrogens with zero attached hydrogens (tertiary/aromatic N) is 10. The minimum Gasteiger partial charge on any atom is -0.485 e. The fourth-order valence-corrected chi connectivity index (χ4v) is 9.67. The second kappa shape index (κ2) is 19.6. The van der Waals surface area contributed by atoms with E-state index in [0.717, 1.165) is 73.2 Å². The van der Waals surface area contributed by atoms with Crippen LogP contribution in [0.2, 0.25) is 0 Å². The number of aromatic amines is 1. The predicted octanol–water partition coefficient (Wildman–Crippen LogP) is 6.00. The molecular formula is C44H58FN13O3S. The SMILES string of the molecule is C=Nn1cnc(-c2cn[nH]c2)c(OC(C)C)/c1=N/CNc1ccc(SN2CCCC(CN3CC[C@@H](c4ccc5c(N(C=O)CCC(=O)NC)nn(C)c5c4)CC3(C)C)C2)cc1F. The van der Waals surface area contributed by atoms with Crippen LogP contribution in [-0.4, -0.2) is 116 Å². The van der Waals surface area contributed by atoms with Gasteiger partial charge in [-0.25, -0.2) is 23.3 Å². The Morgan fingerprint density at radius 3 is 2.76 bits per heavy atom. The van der Waals surface area contributed by atoms with E-state index in [1.54, 1.807) is 43.5 Å². The van der Waals surface area contributed by atoms with E-state index in [0.29, 0.717) is 40.3 Å². The number of amides is 2. The largest absolute Gasteiger partial charge is 0.485 e. The Morgan fingerprint density at radius 2 is 2.05 bits per heavy atom. The lowest BCUT2D eigenvalue weighted by Crippen LogP contribution is -2.52. The van der Waals surface area contributed by atoms with Crippen molar-refractivity contribution in [1.29, 1.82) is 0 Å². The van der Waals surface area contributed by atoms with Crippen molar-refractivity contribution in [2.24, 2.45) is 23.1 Å². The van der Waals surface area contributed by atoms with Crippen molar-refractivity contribution in [2.75, 3.05) is 56.7 Å². The number of carbonyl (C=O) groups excluding carboxylic acids is 2. The maximum atomic E-state index is 15.6. The Morgan fingerprint density at radius 1 is 1.21 bits per heavy atom. The third-order valence-electron chi connectivity index (χ3n) is 11.8. The number of hydrogen-bond acceptors (Lipinski definition) is 12. The third-order valence-corrected chi connectivity index (χ3v) is 12.8. The summed E-state index contributed by atoms with van der Waals surface area (Å²) in [5.74, 6) is 1.42. The summed E-state index contributed by atoms with van der Waals surface area (Å²) in [4.78, 5) is 38.0. The normalized spacial score (nSPS) is 18.5. The van der Waals surface area contributed by atoms with Crippen LogP contribution in [0.1, 0.15) is 71.3 Å². The number of likely N-dealkylation sites (tertiary alicyclic amines) is 1. The maximum absolute atomic E-state index is 15.6. The first-order chi connectivity index (χ1) is 29.9. The van der Waals surface area contributed by atoms with Crippen LogP contribution in [0.25, 0.3) is 22.2 Å². The van der Waals surface area contributed by atoms with Crippen LogP contribution in [0.5, 0.6) is 5.75 Å². The van der Waals surface area contributed by atoms with Crippen LogP contribution in [0.4, 0.5) is 15.9 Å². The molecule has 0 bridgehead atoms. The second-order valence-electron chi connectivity index (χ2n) is 16.9. The number of anilines is 2. The van der Waals surface area contributed by atoms with Gasteiger partial charge in [0.1, 0.15) is 24.5 Å². The Labute approximate surface area is 366 Å². The lowest BCUT2D eigenvalue weighted by molar-refractivity contribution is -0.120. The summed E-state index contributed by atoms with van der Waals surface area (Å²) in [5.41, 5.74) is 4.29. The molecule has 5 heterocycles. The molecule has 0 radical (unpaired) electrons. The molecular weight excluding hydrogens is 810 g/mol. The van der Waals surface area contributed by atoms with E-state index in [1.807, 2.05) is 31.6 Å². The highest BCUT2D eigenvalue weighted by atomic mass is 32.2. The highest BCUT2D eigenvalue weighted by molar-refractivity contribution is 7.97. The molecule has 3 aromatic heterocycles. The molecule has 0 aliphatic carbocycles. The predicted molar refractivity (Wildman–Crippen MR) is 242 cm³/mol. The van der Waals surface area contributed by atoms with Gasteiger partial charge in [0.2, 0.25) is 12.3 Å². The first kappa shape index (κ1) is 44.5. The first-order valence-corrected chi connectivity index (χ1v) is 22.0. The van der Waals surface area contributed by atoms with Gasteiger partial charge in [-0.1, -0.05) is 6.07 Å². The molecule has 62 heavy (non-hydrogen) atoms. The van der Waals surface area contributed by atoms with E-state index in [1.165, 1.54) is 27.9 Å². The second-order valence-corrected chi connectivity index (χ2v) is 18.1. The van der Waals surface area contributed by atoms with E-state index < -0.39 is 0 Å². The van der Waals surface area contributed by atoms with Crippen molar-refractivity contribution < 1.29 is 18.7 Å². The number of piperidine rings is 2. The Balaban J connectivity index is 0.947. The van der Waals surface area contributed by atoms with Crippen molar-refractivity contribution >= 4 is 53.4 Å². The quantitative estimate of drug-likeness (QED) is 0.0574. The fourth-order valence-electron chi connectivity index (χ4n) is 8.58. The molecule has 18 heteroatoms. The third kappa shape index (κ3) is 10.2. The summed E-state index contributed by atoms with van der Waals surface area (Å²) < 4.78 is 27.3. The molecule has 3 N–H and O–H groups in total. The molecule has 2 aliphatic heterocycles. The number of nitrogens with one attached hydrogen (secondary N) is 3. The zero-order valence-corrected chi connectivity index (χ0v) is 37.3. The molecule has 2 amide bonds. The molecule has 2 atom stereocenters. The number of H-pyrrole nitrogens is 1. The molecule has 2 fully saturated rings. The van der Waals surface area contributed by atoms with Crippen molar-refractivity contribution in [3.05, 3.63) is 72.0 Å². The summed E-state index contributed by atoms with van der Waals surface area (Å²) >= 11 is 1.62. The number of hydrogen-bond donors (Lipinski definition) is 3. The topological polar surface area (TPSA) is 166 Å². The van der Waals surface area contributed by atoms with Gasteiger partial charge in [-0.3, -0.25) is 29.2 Å². The summed E-state index contributed by atoms with van der Waals surface area (Å²) in [5, 5.41) is 22.2. The summed E-state index contributed by atoms with van der Waals surface area (Å²) in [7, 11) is 3.49. The van der Waals surface area contributed by atoms with Gasteiger partial charge >= 0.3 is 0 Å². The van der Waals surface area contributed by atoms with Crippen LogP contribution < -0.4 is 25.8 Å². The van der Waals surface area contributed by atoms with Gasteiger partial charge in [-0.2, -0.15) is 15.3 Å². The van der Waals surface area contributed by atoms with Gasteiger partial charge in [0, 0.05) is 81.0 Å². The van der Waals surface area contributed by atoms with Gasteiger partial charge in [0.05, 0.1) is 23.5 Å². The number of carbonyl (C=O) groups is 2. The maximum Gasteiger partial charge on any atom is 0.221 e. The van der Waals surface area contributed by atoms with Crippen LogP contribution in [0.15, 0.2) is 70.1 Å². The average Bonchev–Trinajstić information content (AvgIpc) is 3.91. The zero-order valence-electron chi connectivity index (χ0n) is 36.5. The van der Waals surface area contributed by atoms with Crippen LogP contribution >= 0.6 is 11.9 Å². The van der Waals surface area contributed by atoms with Crippen molar-refractivity contribution in [3.63, 3.8) is 0 Å². The molecule has 0 spiro atoms. The number of ether oxygens (including phenoxy) is 1. The summed E-state index contributed by atoms with van der Waals surface area (Å²) in [6.45, 7) is 16.4. The van der Waals surface area contributed by atoms with Crippen LogP contribution in [0.3, 0.4) is 0 Å². The summed E-state index contributed by atoms with van der Waals surface area (Å²) in [6, 6.07) is 11.8. The Bertz CT molecular complexity index is 2430. The lowest BCUT2D eigenvalue weighted by Gasteiger charge is -2.48. The Kier molecular flexibility index (Phi) is 14.1. The molecule has 16 nitrogen and oxygen atoms in total. The molecule has 7 rings (SSSR count). The number of fused-ring (bicyclic) bond motifs is 1. The molecule has 2 aromatic carbocycles. The first-order valence-electron chi connectivity index (χ1n) is 21.2. The van der Waals surface area contributed by atoms with Crippen molar-refractivity contribution in [2.45, 2.75) is 82.3 Å². The highest BCUT2D eigenvalue weighted by Gasteiger charge is 2.37. The van der Waals surface area contributed by atoms with E-state index >= 15 is 4.39 Å². The minimum absolute atomic E-state index is 0.00229. The van der Waals surface area contributed by atoms with Gasteiger partial charge < -0.3 is 15.4 Å². The zero-order chi connectivity index (χ0) is 44.0. The molecule has 2 saturated heterocycles. The van der Waals surface area contributed by atoms with Crippen molar-refractivity contribution in [1.82, 2.24) is 44.2 Å². The van der Waals surface area contributed by atoms with Gasteiger partial charge in [-0.15, -0.1) is 0 Å². The van der Waals surface area contributed by atoms with Gasteiger partial charge in [-0.05, 0) is 120 Å². The number of aryl methyl sites for hydroxylation is 1. The fraction of sp³-hybridized carbons (Fsp3) is 0.477. The number of aromatic nitrogens is 6. The van der Waals surface area contributed by atoms with E-state index in [-0.39, 0.29) is 43.0 Å². The standard InChI is InChI=1S/C44H58FN13O3S/c1-29(2)61-41-40(33-22-51-52-23-33)50-27-58(47-6)43(41)49-26-48-37-13-11-34(20-36(37)45)62-57-16-8-9-30(25-57)24-56-18-14-32(21-44(56,3)4)31-10-12-35-38(19-31)54(7)53-42(35)55(28-59)17-15-39(60)46-5/h10-13,19-20,22-23,27-30,32,48H,6,8-9,14-18,21,24-26H2,1-5,7H3,(H,46,60)(H,51,52)/b49-43-/t30?,32-/m1/s1. The molecule has 1 unspecified atom stereocenters. The van der Waals surface area contributed by atoms with E-state index in [9.17, 15) is 9.59 Å². The van der Waals surface area contributed by atoms with E-state index in [2.05, 4.69) is 89.0 Å². The molecule has 5 aromatic rings. The monoisotopic (exact) mass is 867 g/mol. The number of rotatable bonds is 17. The molecule has 330 valence electrons. The van der Waals surface area contributed by atoms with Crippen molar-refractivity contribution in [3.8, 4) is 17.0 Å². The number of halogens is 1. The van der Waals surface area contributed by atoms with Gasteiger partial charge in [0.15, 0.2) is 17.1 Å². The van der Waals surface area contributed by atoms with E-state index in [4.69, 9.17) is 4.74 Å².